The highest BCUT2D eigenvalue weighted by Crippen LogP contribution is 2.28. The maximum atomic E-state index is 12.4. The first-order valence-electron chi connectivity index (χ1n) is 5.94. The summed E-state index contributed by atoms with van der Waals surface area (Å²) in [6.45, 7) is 2.47. The summed E-state index contributed by atoms with van der Waals surface area (Å²) < 4.78 is 6.15. The van der Waals surface area contributed by atoms with Crippen LogP contribution in [-0.4, -0.2) is 12.4 Å². The first-order chi connectivity index (χ1) is 9.51. The molecule has 104 valence electrons. The summed E-state index contributed by atoms with van der Waals surface area (Å²) in [6.07, 6.45) is 0. The normalized spacial score (nSPS) is 10.4. The molecule has 0 radical (unpaired) electrons. The van der Waals surface area contributed by atoms with Crippen molar-refractivity contribution in [1.29, 1.82) is 0 Å². The van der Waals surface area contributed by atoms with Gasteiger partial charge >= 0.3 is 0 Å². The van der Waals surface area contributed by atoms with E-state index in [1.807, 2.05) is 6.92 Å². The van der Waals surface area contributed by atoms with Crippen molar-refractivity contribution in [3.63, 3.8) is 0 Å². The predicted octanol–water partition coefficient (Wildman–Crippen LogP) is 5.39. The third-order valence-corrected chi connectivity index (χ3v) is 3.67. The van der Waals surface area contributed by atoms with Gasteiger partial charge in [0.1, 0.15) is 5.75 Å². The van der Waals surface area contributed by atoms with Crippen molar-refractivity contribution in [2.75, 3.05) is 6.61 Å². The van der Waals surface area contributed by atoms with Crippen LogP contribution in [0.4, 0.5) is 0 Å². The smallest absolute Gasteiger partial charge is 0.193 e. The first kappa shape index (κ1) is 15.4. The van der Waals surface area contributed by atoms with E-state index in [0.717, 1.165) is 4.47 Å². The quantitative estimate of drug-likeness (QED) is 0.672. The van der Waals surface area contributed by atoms with Crippen LogP contribution in [0.15, 0.2) is 40.9 Å². The van der Waals surface area contributed by atoms with Crippen LogP contribution in [0, 0.1) is 0 Å². The van der Waals surface area contributed by atoms with E-state index < -0.39 is 0 Å². The maximum absolute atomic E-state index is 12.4. The zero-order valence-electron chi connectivity index (χ0n) is 10.6. The molecule has 0 aliphatic carbocycles. The van der Waals surface area contributed by atoms with Gasteiger partial charge in [0.2, 0.25) is 0 Å². The van der Waals surface area contributed by atoms with Gasteiger partial charge in [-0.1, -0.05) is 23.2 Å². The lowest BCUT2D eigenvalue weighted by atomic mass is 10.0. The second kappa shape index (κ2) is 6.61. The van der Waals surface area contributed by atoms with Crippen molar-refractivity contribution in [1.82, 2.24) is 0 Å². The van der Waals surface area contributed by atoms with Crippen molar-refractivity contribution < 1.29 is 9.53 Å². The van der Waals surface area contributed by atoms with Crippen LogP contribution in [0.2, 0.25) is 10.0 Å². The number of carbonyl (C=O) groups excluding carboxylic acids is 1. The number of hydrogen-bond acceptors (Lipinski definition) is 2. The fourth-order valence-corrected chi connectivity index (χ4v) is 2.79. The monoisotopic (exact) mass is 372 g/mol. The Balaban J connectivity index is 2.36. The zero-order valence-corrected chi connectivity index (χ0v) is 13.7. The van der Waals surface area contributed by atoms with E-state index in [9.17, 15) is 4.79 Å². The standard InChI is InChI=1S/C15H11BrCl2O2/c1-2-20-14-4-3-9(7-13(14)16)15(19)10-5-11(17)8-12(18)6-10/h3-8H,2H2,1H3. The van der Waals surface area contributed by atoms with Gasteiger partial charge in [0, 0.05) is 21.2 Å². The van der Waals surface area contributed by atoms with Crippen molar-refractivity contribution >= 4 is 44.9 Å². The molecule has 0 saturated heterocycles. The molecule has 20 heavy (non-hydrogen) atoms. The van der Waals surface area contributed by atoms with Crippen LogP contribution in [0.25, 0.3) is 0 Å². The molecule has 0 aliphatic heterocycles. The molecule has 0 atom stereocenters. The van der Waals surface area contributed by atoms with Crippen molar-refractivity contribution in [2.45, 2.75) is 6.92 Å². The van der Waals surface area contributed by atoms with Gasteiger partial charge in [-0.15, -0.1) is 0 Å². The van der Waals surface area contributed by atoms with Crippen LogP contribution in [0.3, 0.4) is 0 Å². The molecule has 0 unspecified atom stereocenters. The van der Waals surface area contributed by atoms with Crippen molar-refractivity contribution in [3.05, 3.63) is 62.0 Å². The molecule has 5 heteroatoms. The number of rotatable bonds is 4. The Labute approximate surface area is 135 Å². The Kier molecular flexibility index (Phi) is 5.08. The van der Waals surface area contributed by atoms with Gasteiger partial charge < -0.3 is 4.74 Å². The summed E-state index contributed by atoms with van der Waals surface area (Å²) in [5.41, 5.74) is 0.997. The van der Waals surface area contributed by atoms with Crippen LogP contribution in [-0.2, 0) is 0 Å². The molecule has 0 aliphatic rings. The fraction of sp³-hybridized carbons (Fsp3) is 0.133. The average Bonchev–Trinajstić information content (AvgIpc) is 2.39. The minimum absolute atomic E-state index is 0.141. The topological polar surface area (TPSA) is 26.3 Å². The summed E-state index contributed by atoms with van der Waals surface area (Å²) in [5, 5.41) is 0.872. The number of halogens is 3. The van der Waals surface area contributed by atoms with E-state index in [-0.39, 0.29) is 5.78 Å². The fourth-order valence-electron chi connectivity index (χ4n) is 1.77. The lowest BCUT2D eigenvalue weighted by Crippen LogP contribution is -2.02. The van der Waals surface area contributed by atoms with E-state index in [2.05, 4.69) is 15.9 Å². The molecule has 0 aromatic heterocycles. The molecular weight excluding hydrogens is 363 g/mol. The molecule has 2 rings (SSSR count). The van der Waals surface area contributed by atoms with E-state index in [1.54, 1.807) is 36.4 Å². The van der Waals surface area contributed by atoms with Gasteiger partial charge in [-0.2, -0.15) is 0 Å². The Morgan fingerprint density at radius 2 is 1.75 bits per heavy atom. The Bertz CT molecular complexity index is 636. The van der Waals surface area contributed by atoms with Gasteiger partial charge in [0.15, 0.2) is 5.78 Å². The minimum atomic E-state index is -0.141. The Morgan fingerprint density at radius 3 is 2.30 bits per heavy atom. The van der Waals surface area contributed by atoms with Gasteiger partial charge in [-0.05, 0) is 59.3 Å². The van der Waals surface area contributed by atoms with E-state index in [1.165, 1.54) is 0 Å². The third kappa shape index (κ3) is 3.54. The highest BCUT2D eigenvalue weighted by Gasteiger charge is 2.13. The second-order valence-electron chi connectivity index (χ2n) is 4.07. The number of benzene rings is 2. The summed E-state index contributed by atoms with van der Waals surface area (Å²) in [5.74, 6) is 0.561. The first-order valence-corrected chi connectivity index (χ1v) is 7.49. The maximum Gasteiger partial charge on any atom is 0.193 e. The zero-order chi connectivity index (χ0) is 14.7. The van der Waals surface area contributed by atoms with Gasteiger partial charge in [0.05, 0.1) is 11.1 Å². The molecule has 0 spiro atoms. The lowest BCUT2D eigenvalue weighted by molar-refractivity contribution is 0.103. The molecule has 0 bridgehead atoms. The molecule has 2 nitrogen and oxygen atoms in total. The summed E-state index contributed by atoms with van der Waals surface area (Å²) in [4.78, 5) is 12.4. The largest absolute Gasteiger partial charge is 0.493 e. The van der Waals surface area contributed by atoms with Gasteiger partial charge in [0.25, 0.3) is 0 Å². The van der Waals surface area contributed by atoms with Gasteiger partial charge in [-0.25, -0.2) is 0 Å². The average molecular weight is 374 g/mol. The summed E-state index contributed by atoms with van der Waals surface area (Å²) in [7, 11) is 0. The van der Waals surface area contributed by atoms with E-state index in [4.69, 9.17) is 27.9 Å². The number of hydrogen-bond donors (Lipinski definition) is 0. The highest BCUT2D eigenvalue weighted by atomic mass is 79.9. The van der Waals surface area contributed by atoms with E-state index in [0.29, 0.717) is 33.5 Å². The molecule has 0 fully saturated rings. The number of ether oxygens (including phenoxy) is 1. The number of carbonyl (C=O) groups is 1. The van der Waals surface area contributed by atoms with E-state index >= 15 is 0 Å². The SMILES string of the molecule is CCOc1ccc(C(=O)c2cc(Cl)cc(Cl)c2)cc1Br. The van der Waals surface area contributed by atoms with Crippen LogP contribution in [0.5, 0.6) is 5.75 Å². The van der Waals surface area contributed by atoms with Crippen molar-refractivity contribution in [2.24, 2.45) is 0 Å². The number of ketones is 1. The molecule has 0 saturated carbocycles. The Hall–Kier alpha value is -1.03. The molecule has 0 amide bonds. The molecule has 0 N–H and O–H groups in total. The van der Waals surface area contributed by atoms with Crippen LogP contribution in [0.1, 0.15) is 22.8 Å². The second-order valence-corrected chi connectivity index (χ2v) is 5.79. The van der Waals surface area contributed by atoms with Crippen LogP contribution < -0.4 is 4.74 Å². The predicted molar refractivity (Wildman–Crippen MR) is 85.2 cm³/mol. The molecular formula is C15H11BrCl2O2. The lowest BCUT2D eigenvalue weighted by Gasteiger charge is -2.08. The third-order valence-electron chi connectivity index (χ3n) is 2.62. The summed E-state index contributed by atoms with van der Waals surface area (Å²) >= 11 is 15.2. The molecule has 2 aromatic carbocycles. The summed E-state index contributed by atoms with van der Waals surface area (Å²) in [6, 6.07) is 9.98. The van der Waals surface area contributed by atoms with Crippen molar-refractivity contribution in [3.8, 4) is 5.75 Å². The Morgan fingerprint density at radius 1 is 1.10 bits per heavy atom. The minimum Gasteiger partial charge on any atom is -0.493 e. The van der Waals surface area contributed by atoms with Gasteiger partial charge in [-0.3, -0.25) is 4.79 Å². The molecule has 0 heterocycles. The highest BCUT2D eigenvalue weighted by molar-refractivity contribution is 9.10. The van der Waals surface area contributed by atoms with Crippen LogP contribution >= 0.6 is 39.1 Å². The molecule has 2 aromatic rings.